The number of para-hydroxylation sites is 1. The molecular formula is C45H46F3N5O6S. The standard InChI is InChI=1S/C45H46F3N5O6S/c1-43(2,3)59-41(57)39-31(30-12-11-29(21-34(30)45(46,47)48)58-26-27-22-44(23-27)16-19-52(20-17-44)25-38(54)55)13-14-37(50-39)53-18-15-28-7-6-8-32(33(28)24-53)40(56)51-42-49-35-9-4-5-10-36(35)60-42/h4-14,21,27H,15-20,22-26H2,1-3H3,(H,54,55)(H,49,51,56). The Morgan fingerprint density at radius 3 is 2.40 bits per heavy atom. The van der Waals surface area contributed by atoms with Crippen molar-refractivity contribution in [2.75, 3.05) is 43.0 Å². The first kappa shape index (κ1) is 41.2. The summed E-state index contributed by atoms with van der Waals surface area (Å²) in [5.41, 5.74) is 0.698. The molecule has 8 rings (SSSR count). The normalized spacial score (nSPS) is 16.9. The summed E-state index contributed by atoms with van der Waals surface area (Å²) in [5.74, 6) is -1.41. The second-order valence-electron chi connectivity index (χ2n) is 17.1. The molecule has 15 heteroatoms. The van der Waals surface area contributed by atoms with Crippen LogP contribution in [-0.4, -0.2) is 76.2 Å². The molecule has 0 atom stereocenters. The first-order valence-corrected chi connectivity index (χ1v) is 20.9. The number of alkyl halides is 3. The van der Waals surface area contributed by atoms with Gasteiger partial charge in [-0.15, -0.1) is 0 Å². The van der Waals surface area contributed by atoms with E-state index in [1.807, 2.05) is 46.2 Å². The molecule has 1 saturated heterocycles. The third-order valence-electron chi connectivity index (χ3n) is 11.6. The number of fused-ring (bicyclic) bond motifs is 2. The molecule has 5 aromatic rings. The van der Waals surface area contributed by atoms with Gasteiger partial charge in [0.15, 0.2) is 10.8 Å². The number of esters is 1. The average Bonchev–Trinajstić information content (AvgIpc) is 3.60. The predicted octanol–water partition coefficient (Wildman–Crippen LogP) is 9.10. The summed E-state index contributed by atoms with van der Waals surface area (Å²) in [5, 5.41) is 12.5. The van der Waals surface area contributed by atoms with Crippen LogP contribution in [0.15, 0.2) is 72.8 Å². The molecule has 1 spiro atoms. The monoisotopic (exact) mass is 841 g/mol. The summed E-state index contributed by atoms with van der Waals surface area (Å²) >= 11 is 1.38. The number of hydrogen-bond acceptors (Lipinski definition) is 10. The van der Waals surface area contributed by atoms with E-state index in [0.29, 0.717) is 29.5 Å². The average molecular weight is 842 g/mol. The van der Waals surface area contributed by atoms with E-state index in [0.717, 1.165) is 66.2 Å². The van der Waals surface area contributed by atoms with Crippen molar-refractivity contribution in [3.63, 3.8) is 0 Å². The number of halogens is 3. The number of benzene rings is 3. The van der Waals surface area contributed by atoms with Crippen molar-refractivity contribution in [2.45, 2.75) is 71.2 Å². The van der Waals surface area contributed by atoms with E-state index in [9.17, 15) is 27.6 Å². The molecular weight excluding hydrogens is 796 g/mol. The molecule has 11 nitrogen and oxygen atoms in total. The van der Waals surface area contributed by atoms with Crippen LogP contribution in [0.5, 0.6) is 5.75 Å². The number of aliphatic carboxylic acids is 1. The lowest BCUT2D eigenvalue weighted by atomic mass is 9.58. The predicted molar refractivity (Wildman–Crippen MR) is 223 cm³/mol. The van der Waals surface area contributed by atoms with Crippen LogP contribution in [0.3, 0.4) is 0 Å². The Morgan fingerprint density at radius 2 is 1.68 bits per heavy atom. The number of carbonyl (C=O) groups excluding carboxylic acids is 2. The fourth-order valence-electron chi connectivity index (χ4n) is 8.77. The number of carboxylic acids is 1. The Labute approximate surface area is 349 Å². The third kappa shape index (κ3) is 8.97. The zero-order valence-corrected chi connectivity index (χ0v) is 34.4. The number of pyridine rings is 1. The summed E-state index contributed by atoms with van der Waals surface area (Å²) in [6, 6.07) is 20.0. The van der Waals surface area contributed by atoms with E-state index in [1.54, 1.807) is 32.9 Å². The number of likely N-dealkylation sites (tertiary alicyclic amines) is 1. The minimum atomic E-state index is -4.79. The molecule has 314 valence electrons. The topological polar surface area (TPSA) is 134 Å². The van der Waals surface area contributed by atoms with E-state index in [-0.39, 0.29) is 59.5 Å². The zero-order valence-electron chi connectivity index (χ0n) is 33.6. The van der Waals surface area contributed by atoms with Gasteiger partial charge in [-0.25, -0.2) is 14.8 Å². The Kier molecular flexibility index (Phi) is 11.1. The number of thiazole rings is 1. The van der Waals surface area contributed by atoms with Crippen molar-refractivity contribution < 1.29 is 42.1 Å². The third-order valence-corrected chi connectivity index (χ3v) is 12.6. The highest BCUT2D eigenvalue weighted by Crippen LogP contribution is 2.53. The van der Waals surface area contributed by atoms with Gasteiger partial charge in [-0.05, 0) is 136 Å². The Bertz CT molecular complexity index is 2420. The van der Waals surface area contributed by atoms with Gasteiger partial charge in [0, 0.05) is 24.2 Å². The first-order valence-electron chi connectivity index (χ1n) is 20.1. The van der Waals surface area contributed by atoms with Crippen LogP contribution in [0.25, 0.3) is 21.3 Å². The number of carbonyl (C=O) groups is 3. The number of carboxylic acid groups (broad SMARTS) is 1. The van der Waals surface area contributed by atoms with Gasteiger partial charge in [-0.2, -0.15) is 13.2 Å². The lowest BCUT2D eigenvalue weighted by Gasteiger charge is -2.52. The minimum Gasteiger partial charge on any atom is -0.493 e. The van der Waals surface area contributed by atoms with Crippen LogP contribution in [-0.2, 0) is 28.7 Å². The van der Waals surface area contributed by atoms with E-state index >= 15 is 0 Å². The molecule has 1 saturated carbocycles. The smallest absolute Gasteiger partial charge is 0.417 e. The highest BCUT2D eigenvalue weighted by molar-refractivity contribution is 7.22. The minimum absolute atomic E-state index is 0.0305. The van der Waals surface area contributed by atoms with Gasteiger partial charge in [-0.1, -0.05) is 41.7 Å². The van der Waals surface area contributed by atoms with Crippen molar-refractivity contribution in [2.24, 2.45) is 11.3 Å². The molecule has 4 heterocycles. The van der Waals surface area contributed by atoms with Crippen LogP contribution in [0.2, 0.25) is 0 Å². The molecule has 3 aromatic carbocycles. The molecule has 1 amide bonds. The largest absolute Gasteiger partial charge is 0.493 e. The first-order chi connectivity index (χ1) is 28.5. The fourth-order valence-corrected chi connectivity index (χ4v) is 9.63. The molecule has 2 N–H and O–H groups in total. The summed E-state index contributed by atoms with van der Waals surface area (Å²) < 4.78 is 57.2. The highest BCUT2D eigenvalue weighted by Gasteiger charge is 2.46. The number of aromatic nitrogens is 2. The van der Waals surface area contributed by atoms with Gasteiger partial charge >= 0.3 is 18.1 Å². The molecule has 2 aromatic heterocycles. The van der Waals surface area contributed by atoms with Crippen molar-refractivity contribution in [3.05, 3.63) is 101 Å². The SMILES string of the molecule is CC(C)(C)OC(=O)c1nc(N2CCc3cccc(C(=O)Nc4nc5ccccc5s4)c3C2)ccc1-c1ccc(OCC2CC3(CCN(CC(=O)O)CC3)C2)cc1C(F)(F)F. The van der Waals surface area contributed by atoms with Crippen LogP contribution < -0.4 is 15.0 Å². The van der Waals surface area contributed by atoms with Gasteiger partial charge in [0.2, 0.25) is 0 Å². The quantitative estimate of drug-likeness (QED) is 0.131. The van der Waals surface area contributed by atoms with Gasteiger partial charge in [0.25, 0.3) is 5.91 Å². The molecule has 0 unspecified atom stereocenters. The van der Waals surface area contributed by atoms with Crippen LogP contribution in [0.4, 0.5) is 24.1 Å². The summed E-state index contributed by atoms with van der Waals surface area (Å²) in [7, 11) is 0. The van der Waals surface area contributed by atoms with Crippen molar-refractivity contribution >= 4 is 50.3 Å². The molecule has 0 bridgehead atoms. The molecule has 60 heavy (non-hydrogen) atoms. The van der Waals surface area contributed by atoms with Gasteiger partial charge in [0.05, 0.1) is 28.9 Å². The summed E-state index contributed by atoms with van der Waals surface area (Å²) in [6.45, 7) is 7.52. The Balaban J connectivity index is 1.02. The second-order valence-corrected chi connectivity index (χ2v) is 18.1. The van der Waals surface area contributed by atoms with Crippen molar-refractivity contribution in [1.82, 2.24) is 14.9 Å². The number of piperidine rings is 1. The maximum atomic E-state index is 14.9. The highest BCUT2D eigenvalue weighted by atomic mass is 32.1. The molecule has 0 radical (unpaired) electrons. The second kappa shape index (κ2) is 16.1. The van der Waals surface area contributed by atoms with Gasteiger partial charge in [0.1, 0.15) is 17.2 Å². The molecule has 2 aliphatic heterocycles. The number of ether oxygens (including phenoxy) is 2. The van der Waals surface area contributed by atoms with E-state index in [2.05, 4.69) is 10.3 Å². The van der Waals surface area contributed by atoms with Crippen LogP contribution in [0, 0.1) is 11.3 Å². The molecule has 3 aliphatic rings. The molecule has 2 fully saturated rings. The summed E-state index contributed by atoms with van der Waals surface area (Å²) in [6.07, 6.45) is -0.665. The summed E-state index contributed by atoms with van der Waals surface area (Å²) in [4.78, 5) is 51.6. The van der Waals surface area contributed by atoms with Crippen molar-refractivity contribution in [3.8, 4) is 16.9 Å². The van der Waals surface area contributed by atoms with Gasteiger partial charge < -0.3 is 19.5 Å². The number of anilines is 2. The number of nitrogens with zero attached hydrogens (tertiary/aromatic N) is 4. The Hall–Kier alpha value is -5.54. The fraction of sp³-hybridized carbons (Fsp3) is 0.400. The van der Waals surface area contributed by atoms with Gasteiger partial charge in [-0.3, -0.25) is 19.8 Å². The number of nitrogens with one attached hydrogen (secondary N) is 1. The number of amides is 1. The molecule has 1 aliphatic carbocycles. The van der Waals surface area contributed by atoms with Crippen LogP contribution >= 0.6 is 11.3 Å². The Morgan fingerprint density at radius 1 is 0.933 bits per heavy atom. The van der Waals surface area contributed by atoms with E-state index in [4.69, 9.17) is 19.6 Å². The maximum absolute atomic E-state index is 14.9. The number of rotatable bonds is 10. The lowest BCUT2D eigenvalue weighted by Crippen LogP contribution is -2.49. The van der Waals surface area contributed by atoms with E-state index < -0.39 is 29.3 Å². The lowest BCUT2D eigenvalue weighted by molar-refractivity contribution is -0.140. The zero-order chi connectivity index (χ0) is 42.4. The van der Waals surface area contributed by atoms with Crippen molar-refractivity contribution in [1.29, 1.82) is 0 Å². The maximum Gasteiger partial charge on any atom is 0.417 e. The van der Waals surface area contributed by atoms with E-state index in [1.165, 1.54) is 29.5 Å². The number of hydrogen-bond donors (Lipinski definition) is 2. The van der Waals surface area contributed by atoms with Crippen LogP contribution in [0.1, 0.15) is 84.0 Å².